The molecule has 20 heavy (non-hydrogen) atoms. The largest absolute Gasteiger partial charge is 0.231 e. The van der Waals surface area contributed by atoms with Gasteiger partial charge in [0.15, 0.2) is 5.82 Å². The van der Waals surface area contributed by atoms with Gasteiger partial charge in [-0.25, -0.2) is 9.97 Å². The van der Waals surface area contributed by atoms with Crippen molar-refractivity contribution in [3.8, 4) is 11.4 Å². The van der Waals surface area contributed by atoms with Crippen LogP contribution in [0.25, 0.3) is 21.5 Å². The van der Waals surface area contributed by atoms with Crippen LogP contribution in [0.1, 0.15) is 25.5 Å². The van der Waals surface area contributed by atoms with E-state index in [1.807, 2.05) is 12.1 Å². The molecule has 1 aromatic carbocycles. The second kappa shape index (κ2) is 5.43. The first-order valence-corrected chi connectivity index (χ1v) is 8.32. The van der Waals surface area contributed by atoms with Crippen molar-refractivity contribution in [2.24, 2.45) is 0 Å². The molecule has 102 valence electrons. The smallest absolute Gasteiger partial charge is 0.162 e. The average Bonchev–Trinajstić information content (AvgIpc) is 2.85. The predicted molar refractivity (Wildman–Crippen MR) is 89.7 cm³/mol. The van der Waals surface area contributed by atoms with Crippen LogP contribution in [0.3, 0.4) is 0 Å². The summed E-state index contributed by atoms with van der Waals surface area (Å²) in [6, 6.07) is 8.27. The Bertz CT molecular complexity index is 783. The molecule has 0 amide bonds. The van der Waals surface area contributed by atoms with E-state index >= 15 is 0 Å². The first-order chi connectivity index (χ1) is 9.58. The molecule has 0 bridgehead atoms. The SMILES string of the molecule is CC(C)c1nc(-c2csc3ccccc23)nc(Cl)c1Br. The minimum Gasteiger partial charge on any atom is -0.231 e. The summed E-state index contributed by atoms with van der Waals surface area (Å²) < 4.78 is 2.02. The summed E-state index contributed by atoms with van der Waals surface area (Å²) in [5, 5.41) is 3.73. The normalized spacial score (nSPS) is 11.4. The van der Waals surface area contributed by atoms with Crippen LogP contribution in [0.4, 0.5) is 0 Å². The molecule has 0 atom stereocenters. The molecule has 2 heterocycles. The van der Waals surface area contributed by atoms with Gasteiger partial charge in [-0.1, -0.05) is 43.6 Å². The summed E-state index contributed by atoms with van der Waals surface area (Å²) in [5.41, 5.74) is 1.98. The van der Waals surface area contributed by atoms with Crippen molar-refractivity contribution >= 4 is 49.0 Å². The zero-order chi connectivity index (χ0) is 14.3. The lowest BCUT2D eigenvalue weighted by Gasteiger charge is -2.10. The Hall–Kier alpha value is -0.970. The average molecular weight is 368 g/mol. The molecule has 0 aliphatic carbocycles. The monoisotopic (exact) mass is 366 g/mol. The molecule has 0 radical (unpaired) electrons. The topological polar surface area (TPSA) is 25.8 Å². The maximum Gasteiger partial charge on any atom is 0.162 e. The third-order valence-corrected chi connectivity index (χ3v) is 5.35. The highest BCUT2D eigenvalue weighted by Crippen LogP contribution is 2.35. The molecular formula is C15H12BrClN2S. The number of rotatable bonds is 2. The van der Waals surface area contributed by atoms with Gasteiger partial charge in [-0.2, -0.15) is 0 Å². The minimum absolute atomic E-state index is 0.286. The standard InChI is InChI=1S/C15H12BrClN2S/c1-8(2)13-12(16)14(17)19-15(18-13)10-7-20-11-6-4-3-5-9(10)11/h3-8H,1-2H3. The number of hydrogen-bond donors (Lipinski definition) is 0. The fraction of sp³-hybridized carbons (Fsp3) is 0.200. The highest BCUT2D eigenvalue weighted by atomic mass is 79.9. The highest BCUT2D eigenvalue weighted by Gasteiger charge is 2.16. The Morgan fingerprint density at radius 1 is 1.20 bits per heavy atom. The molecule has 0 fully saturated rings. The van der Waals surface area contributed by atoms with Gasteiger partial charge in [0, 0.05) is 21.0 Å². The van der Waals surface area contributed by atoms with Gasteiger partial charge in [-0.05, 0) is 27.9 Å². The number of fused-ring (bicyclic) bond motifs is 1. The summed E-state index contributed by atoms with van der Waals surface area (Å²) in [6.45, 7) is 4.19. The van der Waals surface area contributed by atoms with E-state index in [1.165, 1.54) is 10.1 Å². The fourth-order valence-electron chi connectivity index (χ4n) is 2.09. The van der Waals surface area contributed by atoms with E-state index in [0.29, 0.717) is 11.0 Å². The first kappa shape index (κ1) is 14.0. The Labute approximate surface area is 135 Å². The highest BCUT2D eigenvalue weighted by molar-refractivity contribution is 9.10. The Morgan fingerprint density at radius 2 is 1.95 bits per heavy atom. The van der Waals surface area contributed by atoms with Crippen LogP contribution in [0.5, 0.6) is 0 Å². The van der Waals surface area contributed by atoms with E-state index in [0.717, 1.165) is 15.7 Å². The third kappa shape index (κ3) is 2.36. The summed E-state index contributed by atoms with van der Waals surface area (Å²) in [6.07, 6.45) is 0. The minimum atomic E-state index is 0.286. The molecule has 0 spiro atoms. The zero-order valence-electron chi connectivity index (χ0n) is 11.0. The number of nitrogens with zero attached hydrogens (tertiary/aromatic N) is 2. The van der Waals surface area contributed by atoms with E-state index in [2.05, 4.69) is 57.3 Å². The molecule has 5 heteroatoms. The number of benzene rings is 1. The predicted octanol–water partition coefficient (Wildman–Crippen LogP) is 5.90. The molecule has 0 saturated carbocycles. The fourth-order valence-corrected chi connectivity index (χ4v) is 3.84. The molecule has 3 rings (SSSR count). The second-order valence-corrected chi connectivity index (χ2v) is 6.90. The van der Waals surface area contributed by atoms with Crippen LogP contribution < -0.4 is 0 Å². The Balaban J connectivity index is 2.24. The van der Waals surface area contributed by atoms with Crippen LogP contribution in [-0.4, -0.2) is 9.97 Å². The maximum atomic E-state index is 6.24. The second-order valence-electron chi connectivity index (χ2n) is 4.84. The van der Waals surface area contributed by atoms with Crippen molar-refractivity contribution in [2.45, 2.75) is 19.8 Å². The van der Waals surface area contributed by atoms with Crippen molar-refractivity contribution < 1.29 is 0 Å². The van der Waals surface area contributed by atoms with Gasteiger partial charge in [-0.3, -0.25) is 0 Å². The van der Waals surface area contributed by atoms with Gasteiger partial charge in [0.25, 0.3) is 0 Å². The lowest BCUT2D eigenvalue weighted by Crippen LogP contribution is -2.00. The van der Waals surface area contributed by atoms with Crippen molar-refractivity contribution in [1.29, 1.82) is 0 Å². The lowest BCUT2D eigenvalue weighted by atomic mass is 10.1. The van der Waals surface area contributed by atoms with Gasteiger partial charge in [-0.15, -0.1) is 11.3 Å². The molecule has 0 unspecified atom stereocenters. The molecule has 2 nitrogen and oxygen atoms in total. The van der Waals surface area contributed by atoms with E-state index < -0.39 is 0 Å². The van der Waals surface area contributed by atoms with Crippen LogP contribution in [0.15, 0.2) is 34.1 Å². The Morgan fingerprint density at radius 3 is 2.70 bits per heavy atom. The molecule has 0 N–H and O–H groups in total. The van der Waals surface area contributed by atoms with Crippen LogP contribution >= 0.6 is 38.9 Å². The molecule has 2 aromatic heterocycles. The van der Waals surface area contributed by atoms with E-state index in [1.54, 1.807) is 11.3 Å². The zero-order valence-corrected chi connectivity index (χ0v) is 14.2. The van der Waals surface area contributed by atoms with Gasteiger partial charge in [0.2, 0.25) is 0 Å². The first-order valence-electron chi connectivity index (χ1n) is 6.27. The molecule has 0 saturated heterocycles. The van der Waals surface area contributed by atoms with Crippen molar-refractivity contribution in [1.82, 2.24) is 9.97 Å². The van der Waals surface area contributed by atoms with Crippen molar-refractivity contribution in [3.05, 3.63) is 45.0 Å². The van der Waals surface area contributed by atoms with E-state index in [9.17, 15) is 0 Å². The molecule has 0 aliphatic rings. The number of hydrogen-bond acceptors (Lipinski definition) is 3. The summed E-state index contributed by atoms with van der Waals surface area (Å²) in [7, 11) is 0. The summed E-state index contributed by atoms with van der Waals surface area (Å²) in [4.78, 5) is 9.11. The number of halogens is 2. The van der Waals surface area contributed by atoms with Crippen molar-refractivity contribution in [2.75, 3.05) is 0 Å². The van der Waals surface area contributed by atoms with Gasteiger partial charge in [0.05, 0.1) is 10.2 Å². The van der Waals surface area contributed by atoms with E-state index in [-0.39, 0.29) is 5.92 Å². The molecule has 0 aliphatic heterocycles. The van der Waals surface area contributed by atoms with Crippen LogP contribution in [0.2, 0.25) is 5.15 Å². The van der Waals surface area contributed by atoms with Crippen molar-refractivity contribution in [3.63, 3.8) is 0 Å². The van der Waals surface area contributed by atoms with Crippen LogP contribution in [-0.2, 0) is 0 Å². The lowest BCUT2D eigenvalue weighted by molar-refractivity contribution is 0.809. The number of aromatic nitrogens is 2. The number of thiophene rings is 1. The van der Waals surface area contributed by atoms with Gasteiger partial charge < -0.3 is 0 Å². The summed E-state index contributed by atoms with van der Waals surface area (Å²) in [5.74, 6) is 0.980. The summed E-state index contributed by atoms with van der Waals surface area (Å²) >= 11 is 11.4. The van der Waals surface area contributed by atoms with E-state index in [4.69, 9.17) is 11.6 Å². The molecular weight excluding hydrogens is 356 g/mol. The van der Waals surface area contributed by atoms with Crippen LogP contribution in [0, 0.1) is 0 Å². The quantitative estimate of drug-likeness (QED) is 0.527. The maximum absolute atomic E-state index is 6.24. The molecule has 3 aromatic rings. The third-order valence-electron chi connectivity index (χ3n) is 3.11. The Kier molecular flexibility index (Phi) is 3.80. The van der Waals surface area contributed by atoms with Gasteiger partial charge in [0.1, 0.15) is 5.15 Å². The van der Waals surface area contributed by atoms with Gasteiger partial charge >= 0.3 is 0 Å².